The predicted octanol–water partition coefficient (Wildman–Crippen LogP) is 3.03. The number of carbonyl (C=O) groups is 3. The lowest BCUT2D eigenvalue weighted by molar-refractivity contribution is -0.123. The van der Waals surface area contributed by atoms with E-state index in [1.54, 1.807) is 24.3 Å². The molecule has 1 aromatic carbocycles. The Labute approximate surface area is 147 Å². The van der Waals surface area contributed by atoms with Crippen molar-refractivity contribution < 1.29 is 19.1 Å². The zero-order valence-corrected chi connectivity index (χ0v) is 14.6. The van der Waals surface area contributed by atoms with Gasteiger partial charge in [0.15, 0.2) is 0 Å². The van der Waals surface area contributed by atoms with Gasteiger partial charge in [0.05, 0.1) is 29.7 Å². The minimum Gasteiger partial charge on any atom is -0.462 e. The molecule has 1 saturated heterocycles. The molecule has 0 unspecified atom stereocenters. The van der Waals surface area contributed by atoms with Crippen molar-refractivity contribution in [1.29, 1.82) is 0 Å². The van der Waals surface area contributed by atoms with Crippen molar-refractivity contribution in [3.63, 3.8) is 0 Å². The molecule has 0 radical (unpaired) electrons. The zero-order valence-electron chi connectivity index (χ0n) is 14.6. The highest BCUT2D eigenvalue weighted by molar-refractivity contribution is 6.22. The molecule has 2 saturated carbocycles. The van der Waals surface area contributed by atoms with Crippen LogP contribution in [-0.2, 0) is 14.3 Å². The second-order valence-corrected chi connectivity index (χ2v) is 7.94. The SMILES string of the molecule is CC(C)COC(=O)c1cccc(N2C(=O)[C@@H]3[C@H]4CC[C@@H](C4)[C@@H]3C2=O)c1. The number of hydrogen-bond donors (Lipinski definition) is 0. The first-order valence-corrected chi connectivity index (χ1v) is 9.12. The third-order valence-corrected chi connectivity index (χ3v) is 5.82. The van der Waals surface area contributed by atoms with Crippen LogP contribution in [0.4, 0.5) is 5.69 Å². The van der Waals surface area contributed by atoms with E-state index < -0.39 is 5.97 Å². The monoisotopic (exact) mass is 341 g/mol. The summed E-state index contributed by atoms with van der Waals surface area (Å²) in [4.78, 5) is 39.2. The maximum Gasteiger partial charge on any atom is 0.338 e. The van der Waals surface area contributed by atoms with E-state index in [4.69, 9.17) is 4.74 Å². The summed E-state index contributed by atoms with van der Waals surface area (Å²) < 4.78 is 5.25. The van der Waals surface area contributed by atoms with Crippen LogP contribution in [0.2, 0.25) is 0 Å². The van der Waals surface area contributed by atoms with Crippen LogP contribution in [0, 0.1) is 29.6 Å². The van der Waals surface area contributed by atoms with Crippen molar-refractivity contribution in [2.75, 3.05) is 11.5 Å². The van der Waals surface area contributed by atoms with Crippen LogP contribution in [0.25, 0.3) is 0 Å². The lowest BCUT2D eigenvalue weighted by atomic mass is 9.81. The molecule has 5 nitrogen and oxygen atoms in total. The number of amides is 2. The molecular weight excluding hydrogens is 318 g/mol. The summed E-state index contributed by atoms with van der Waals surface area (Å²) in [6.45, 7) is 4.29. The minimum absolute atomic E-state index is 0.0881. The minimum atomic E-state index is -0.421. The number of benzene rings is 1. The topological polar surface area (TPSA) is 63.7 Å². The van der Waals surface area contributed by atoms with E-state index in [1.165, 1.54) is 4.90 Å². The molecule has 1 aromatic rings. The third-order valence-electron chi connectivity index (χ3n) is 5.82. The van der Waals surface area contributed by atoms with Gasteiger partial charge in [-0.3, -0.25) is 14.5 Å². The van der Waals surface area contributed by atoms with Gasteiger partial charge in [0, 0.05) is 0 Å². The summed E-state index contributed by atoms with van der Waals surface area (Å²) in [6, 6.07) is 6.67. The second-order valence-electron chi connectivity index (χ2n) is 7.94. The maximum absolute atomic E-state index is 12.9. The number of nitrogens with zero attached hydrogens (tertiary/aromatic N) is 1. The number of anilines is 1. The van der Waals surface area contributed by atoms with Crippen LogP contribution in [-0.4, -0.2) is 24.4 Å². The van der Waals surface area contributed by atoms with E-state index in [-0.39, 0.29) is 29.6 Å². The van der Waals surface area contributed by atoms with Gasteiger partial charge in [-0.25, -0.2) is 4.79 Å². The lowest BCUT2D eigenvalue weighted by Gasteiger charge is -2.19. The van der Waals surface area contributed by atoms with Gasteiger partial charge in [-0.05, 0) is 55.2 Å². The van der Waals surface area contributed by atoms with Gasteiger partial charge in [-0.2, -0.15) is 0 Å². The number of imide groups is 1. The summed E-state index contributed by atoms with van der Waals surface area (Å²) in [6.07, 6.45) is 3.13. The van der Waals surface area contributed by atoms with Gasteiger partial charge in [-0.1, -0.05) is 19.9 Å². The van der Waals surface area contributed by atoms with Gasteiger partial charge in [0.2, 0.25) is 11.8 Å². The highest BCUT2D eigenvalue weighted by atomic mass is 16.5. The molecule has 1 aliphatic heterocycles. The predicted molar refractivity (Wildman–Crippen MR) is 91.9 cm³/mol. The highest BCUT2D eigenvalue weighted by Gasteiger charge is 2.61. The molecular formula is C20H23NO4. The molecule has 3 aliphatic rings. The van der Waals surface area contributed by atoms with E-state index in [0.717, 1.165) is 19.3 Å². The van der Waals surface area contributed by atoms with Crippen LogP contribution in [0.5, 0.6) is 0 Å². The smallest absolute Gasteiger partial charge is 0.338 e. The van der Waals surface area contributed by atoms with Gasteiger partial charge >= 0.3 is 5.97 Å². The molecule has 5 heteroatoms. The van der Waals surface area contributed by atoms with Crippen LogP contribution in [0.1, 0.15) is 43.5 Å². The van der Waals surface area contributed by atoms with Crippen molar-refractivity contribution >= 4 is 23.5 Å². The fraction of sp³-hybridized carbons (Fsp3) is 0.550. The van der Waals surface area contributed by atoms with Gasteiger partial charge in [0.25, 0.3) is 0 Å². The standard InChI is InChI=1S/C20H23NO4/c1-11(2)10-25-20(24)14-4-3-5-15(9-14)21-18(22)16-12-6-7-13(8-12)17(16)19(21)23/h3-5,9,11-13,16-17H,6-8,10H2,1-2H3/t12-,13-,16-,17+/m0/s1. The summed E-state index contributed by atoms with van der Waals surface area (Å²) in [5.74, 6) is 0.0697. The van der Waals surface area contributed by atoms with Crippen molar-refractivity contribution in [1.82, 2.24) is 0 Å². The highest BCUT2D eigenvalue weighted by Crippen LogP contribution is 2.56. The molecule has 132 valence electrons. The first-order chi connectivity index (χ1) is 12.0. The van der Waals surface area contributed by atoms with Crippen molar-refractivity contribution in [2.45, 2.75) is 33.1 Å². The van der Waals surface area contributed by atoms with Crippen molar-refractivity contribution in [2.24, 2.45) is 29.6 Å². The van der Waals surface area contributed by atoms with Crippen molar-refractivity contribution in [3.05, 3.63) is 29.8 Å². The Morgan fingerprint density at radius 1 is 1.16 bits per heavy atom. The Balaban J connectivity index is 1.58. The first-order valence-electron chi connectivity index (χ1n) is 9.12. The molecule has 0 spiro atoms. The van der Waals surface area contributed by atoms with E-state index in [0.29, 0.717) is 29.7 Å². The fourth-order valence-electron chi connectivity index (χ4n) is 4.76. The normalized spacial score (nSPS) is 30.3. The van der Waals surface area contributed by atoms with Crippen LogP contribution in [0.3, 0.4) is 0 Å². The molecule has 0 aromatic heterocycles. The first kappa shape index (κ1) is 16.3. The van der Waals surface area contributed by atoms with Gasteiger partial charge in [-0.15, -0.1) is 0 Å². The number of carbonyl (C=O) groups excluding carboxylic acids is 3. The molecule has 2 bridgehead atoms. The van der Waals surface area contributed by atoms with E-state index in [2.05, 4.69) is 0 Å². The van der Waals surface area contributed by atoms with Crippen LogP contribution >= 0.6 is 0 Å². The Morgan fingerprint density at radius 3 is 2.40 bits per heavy atom. The van der Waals surface area contributed by atoms with E-state index in [1.807, 2.05) is 13.8 Å². The van der Waals surface area contributed by atoms with Crippen LogP contribution in [0.15, 0.2) is 24.3 Å². The lowest BCUT2D eigenvalue weighted by Crippen LogP contribution is -2.32. The quantitative estimate of drug-likeness (QED) is 0.624. The van der Waals surface area contributed by atoms with Gasteiger partial charge < -0.3 is 4.74 Å². The number of ether oxygens (including phenoxy) is 1. The fourth-order valence-corrected chi connectivity index (χ4v) is 4.76. The second kappa shape index (κ2) is 5.97. The molecule has 0 N–H and O–H groups in total. The molecule has 4 atom stereocenters. The van der Waals surface area contributed by atoms with E-state index in [9.17, 15) is 14.4 Å². The molecule has 1 heterocycles. The Morgan fingerprint density at radius 2 is 1.80 bits per heavy atom. The van der Waals surface area contributed by atoms with Crippen LogP contribution < -0.4 is 4.90 Å². The third kappa shape index (κ3) is 2.57. The number of esters is 1. The number of hydrogen-bond acceptors (Lipinski definition) is 4. The molecule has 25 heavy (non-hydrogen) atoms. The summed E-state index contributed by atoms with van der Waals surface area (Å²) in [5, 5.41) is 0. The average molecular weight is 341 g/mol. The summed E-state index contributed by atoms with van der Waals surface area (Å²) in [5.41, 5.74) is 0.863. The average Bonchev–Trinajstić information content (AvgIpc) is 3.26. The summed E-state index contributed by atoms with van der Waals surface area (Å²) >= 11 is 0. The zero-order chi connectivity index (χ0) is 17.7. The molecule has 4 rings (SSSR count). The maximum atomic E-state index is 12.9. The molecule has 2 aliphatic carbocycles. The van der Waals surface area contributed by atoms with E-state index >= 15 is 0 Å². The number of fused-ring (bicyclic) bond motifs is 5. The molecule has 3 fully saturated rings. The largest absolute Gasteiger partial charge is 0.462 e. The summed E-state index contributed by atoms with van der Waals surface area (Å²) in [7, 11) is 0. The van der Waals surface area contributed by atoms with Crippen molar-refractivity contribution in [3.8, 4) is 0 Å². The Bertz CT molecular complexity index is 713. The molecule has 2 amide bonds. The van der Waals surface area contributed by atoms with Gasteiger partial charge in [0.1, 0.15) is 0 Å². The number of rotatable bonds is 4. The Hall–Kier alpha value is -2.17. The Kier molecular flexibility index (Phi) is 3.89.